The van der Waals surface area contributed by atoms with Gasteiger partial charge >= 0.3 is 5.97 Å². The van der Waals surface area contributed by atoms with Crippen molar-refractivity contribution < 1.29 is 14.3 Å². The van der Waals surface area contributed by atoms with Crippen molar-refractivity contribution in [1.29, 1.82) is 0 Å². The number of methoxy groups -OCH3 is 1. The van der Waals surface area contributed by atoms with E-state index >= 15 is 0 Å². The number of hydrogen-bond donors (Lipinski definition) is 0. The van der Waals surface area contributed by atoms with Gasteiger partial charge in [0.15, 0.2) is 0 Å². The summed E-state index contributed by atoms with van der Waals surface area (Å²) in [4.78, 5) is 13.7. The summed E-state index contributed by atoms with van der Waals surface area (Å²) < 4.78 is 10.8. The molecule has 0 N–H and O–H groups in total. The molecule has 0 aromatic heterocycles. The Kier molecular flexibility index (Phi) is 6.73. The molecule has 0 saturated carbocycles. The molecule has 0 bridgehead atoms. The molecule has 24 heavy (non-hydrogen) atoms. The Bertz CT molecular complexity index is 710. The van der Waals surface area contributed by atoms with Crippen molar-refractivity contribution in [2.45, 2.75) is 37.8 Å². The first kappa shape index (κ1) is 18.4. The first-order chi connectivity index (χ1) is 11.6. The number of carbonyl (C=O) groups is 1. The van der Waals surface area contributed by atoms with Gasteiger partial charge in [0, 0.05) is 10.6 Å². The number of thioether (sulfide) groups is 1. The van der Waals surface area contributed by atoms with Gasteiger partial charge in [-0.25, -0.2) is 4.79 Å². The highest BCUT2D eigenvalue weighted by atomic mass is 32.2. The van der Waals surface area contributed by atoms with Gasteiger partial charge in [-0.05, 0) is 43.0 Å². The van der Waals surface area contributed by atoms with Crippen LogP contribution in [-0.2, 0) is 16.9 Å². The molecule has 2 aromatic rings. The second kappa shape index (κ2) is 8.78. The number of benzene rings is 2. The molecule has 128 valence electrons. The molecule has 0 amide bonds. The Labute approximate surface area is 148 Å². The lowest BCUT2D eigenvalue weighted by Gasteiger charge is -2.16. The summed E-state index contributed by atoms with van der Waals surface area (Å²) in [7, 11) is 1.61. The number of aryl methyl sites for hydroxylation is 2. The lowest BCUT2D eigenvalue weighted by molar-refractivity contribution is 0.0521. The molecule has 4 heteroatoms. The van der Waals surface area contributed by atoms with Crippen LogP contribution in [0.25, 0.3) is 0 Å². The Balaban J connectivity index is 2.37. The van der Waals surface area contributed by atoms with Gasteiger partial charge in [0.25, 0.3) is 0 Å². The predicted octanol–water partition coefficient (Wildman–Crippen LogP) is 5.04. The van der Waals surface area contributed by atoms with Gasteiger partial charge in [-0.1, -0.05) is 37.3 Å². The van der Waals surface area contributed by atoms with Crippen molar-refractivity contribution in [3.05, 3.63) is 58.7 Å². The summed E-state index contributed by atoms with van der Waals surface area (Å²) in [6.07, 6.45) is 0.806. The summed E-state index contributed by atoms with van der Waals surface area (Å²) in [5.41, 5.74) is 3.75. The van der Waals surface area contributed by atoms with Crippen LogP contribution < -0.4 is 4.74 Å². The van der Waals surface area contributed by atoms with Crippen LogP contribution in [-0.4, -0.2) is 19.7 Å². The second-order valence-corrected chi connectivity index (χ2v) is 6.44. The summed E-state index contributed by atoms with van der Waals surface area (Å²) in [6.45, 7) is 6.31. The number of esters is 1. The van der Waals surface area contributed by atoms with Crippen molar-refractivity contribution in [2.75, 3.05) is 13.7 Å². The molecule has 0 aliphatic heterocycles. The Morgan fingerprint density at radius 3 is 2.42 bits per heavy atom. The molecular weight excluding hydrogens is 320 g/mol. The van der Waals surface area contributed by atoms with Gasteiger partial charge < -0.3 is 9.47 Å². The molecule has 2 aromatic carbocycles. The van der Waals surface area contributed by atoms with Crippen LogP contribution in [0.3, 0.4) is 0 Å². The van der Waals surface area contributed by atoms with E-state index in [0.29, 0.717) is 23.7 Å². The van der Waals surface area contributed by atoms with Gasteiger partial charge in [-0.3, -0.25) is 0 Å². The molecule has 0 aliphatic rings. The van der Waals surface area contributed by atoms with Gasteiger partial charge in [0.1, 0.15) is 11.3 Å². The molecule has 0 radical (unpaired) electrons. The molecule has 3 nitrogen and oxygen atoms in total. The highest BCUT2D eigenvalue weighted by Crippen LogP contribution is 2.33. The molecule has 2 rings (SSSR count). The monoisotopic (exact) mass is 344 g/mol. The van der Waals surface area contributed by atoms with E-state index in [4.69, 9.17) is 9.47 Å². The normalized spacial score (nSPS) is 10.5. The van der Waals surface area contributed by atoms with Crippen molar-refractivity contribution in [3.8, 4) is 5.75 Å². The number of hydrogen-bond acceptors (Lipinski definition) is 4. The van der Waals surface area contributed by atoms with Crippen molar-refractivity contribution in [1.82, 2.24) is 0 Å². The highest BCUT2D eigenvalue weighted by molar-refractivity contribution is 7.98. The summed E-state index contributed by atoms with van der Waals surface area (Å²) in [6, 6.07) is 12.3. The van der Waals surface area contributed by atoms with Crippen LogP contribution >= 0.6 is 11.8 Å². The van der Waals surface area contributed by atoms with E-state index in [2.05, 4.69) is 26.0 Å². The van der Waals surface area contributed by atoms with E-state index < -0.39 is 0 Å². The number of carbonyl (C=O) groups excluding carboxylic acids is 1. The maximum absolute atomic E-state index is 12.5. The quantitative estimate of drug-likeness (QED) is 0.521. The fraction of sp³-hybridized carbons (Fsp3) is 0.350. The number of ether oxygens (including phenoxy) is 2. The molecule has 0 spiro atoms. The minimum atomic E-state index is -0.315. The molecule has 0 fully saturated rings. The van der Waals surface area contributed by atoms with Crippen LogP contribution in [0.2, 0.25) is 0 Å². The van der Waals surface area contributed by atoms with E-state index in [1.807, 2.05) is 31.2 Å². The molecule has 0 heterocycles. The molecule has 0 atom stereocenters. The van der Waals surface area contributed by atoms with Crippen molar-refractivity contribution in [2.24, 2.45) is 0 Å². The van der Waals surface area contributed by atoms with E-state index in [0.717, 1.165) is 17.5 Å². The number of rotatable bonds is 7. The third-order valence-corrected chi connectivity index (χ3v) is 5.09. The SMILES string of the molecule is CCOC(=O)c1c(CSc2ccccc2C)ccc(CC)c1OC. The zero-order chi connectivity index (χ0) is 17.5. The smallest absolute Gasteiger partial charge is 0.342 e. The maximum Gasteiger partial charge on any atom is 0.342 e. The third-order valence-electron chi connectivity index (χ3n) is 3.87. The summed E-state index contributed by atoms with van der Waals surface area (Å²) >= 11 is 1.72. The molecule has 0 unspecified atom stereocenters. The largest absolute Gasteiger partial charge is 0.496 e. The average molecular weight is 344 g/mol. The fourth-order valence-electron chi connectivity index (χ4n) is 2.60. The predicted molar refractivity (Wildman–Crippen MR) is 99.1 cm³/mol. The van der Waals surface area contributed by atoms with Crippen LogP contribution in [0.5, 0.6) is 5.75 Å². The Morgan fingerprint density at radius 1 is 1.08 bits per heavy atom. The van der Waals surface area contributed by atoms with E-state index in [1.54, 1.807) is 18.9 Å². The topological polar surface area (TPSA) is 35.5 Å². The zero-order valence-corrected chi connectivity index (χ0v) is 15.5. The summed E-state index contributed by atoms with van der Waals surface area (Å²) in [5, 5.41) is 0. The van der Waals surface area contributed by atoms with Gasteiger partial charge in [-0.15, -0.1) is 11.8 Å². The van der Waals surface area contributed by atoms with Crippen molar-refractivity contribution in [3.63, 3.8) is 0 Å². The van der Waals surface area contributed by atoms with E-state index in [9.17, 15) is 4.79 Å². The first-order valence-corrected chi connectivity index (χ1v) is 9.15. The van der Waals surface area contributed by atoms with Crippen molar-refractivity contribution >= 4 is 17.7 Å². The standard InChI is InChI=1S/C20H24O3S/c1-5-15-11-12-16(13-24-17-10-8-7-9-14(17)3)18(19(15)22-4)20(21)23-6-2/h7-12H,5-6,13H2,1-4H3. The minimum Gasteiger partial charge on any atom is -0.496 e. The Morgan fingerprint density at radius 2 is 1.79 bits per heavy atom. The van der Waals surface area contributed by atoms with Crippen LogP contribution in [0, 0.1) is 6.92 Å². The van der Waals surface area contributed by atoms with Crippen LogP contribution in [0.1, 0.15) is 40.9 Å². The van der Waals surface area contributed by atoms with Crippen LogP contribution in [0.15, 0.2) is 41.3 Å². The maximum atomic E-state index is 12.5. The molecule has 0 aliphatic carbocycles. The van der Waals surface area contributed by atoms with Gasteiger partial charge in [0.2, 0.25) is 0 Å². The highest BCUT2D eigenvalue weighted by Gasteiger charge is 2.21. The third kappa shape index (κ3) is 4.12. The second-order valence-electron chi connectivity index (χ2n) is 5.42. The van der Waals surface area contributed by atoms with E-state index in [1.165, 1.54) is 10.5 Å². The van der Waals surface area contributed by atoms with Crippen LogP contribution in [0.4, 0.5) is 0 Å². The average Bonchev–Trinajstić information content (AvgIpc) is 2.60. The zero-order valence-electron chi connectivity index (χ0n) is 14.7. The fourth-order valence-corrected chi connectivity index (χ4v) is 3.62. The molecular formula is C20H24O3S. The Hall–Kier alpha value is -1.94. The lowest BCUT2D eigenvalue weighted by Crippen LogP contribution is -2.11. The van der Waals surface area contributed by atoms with Gasteiger partial charge in [0.05, 0.1) is 13.7 Å². The first-order valence-electron chi connectivity index (χ1n) is 8.16. The molecule has 0 saturated heterocycles. The minimum absolute atomic E-state index is 0.315. The lowest BCUT2D eigenvalue weighted by atomic mass is 10.0. The van der Waals surface area contributed by atoms with Gasteiger partial charge in [-0.2, -0.15) is 0 Å². The van der Waals surface area contributed by atoms with E-state index in [-0.39, 0.29) is 5.97 Å². The summed E-state index contributed by atoms with van der Waals surface area (Å²) in [5.74, 6) is 1.02.